The van der Waals surface area contributed by atoms with Crippen molar-refractivity contribution in [1.82, 2.24) is 0 Å². The highest BCUT2D eigenvalue weighted by atomic mass is 16.5. The predicted molar refractivity (Wildman–Crippen MR) is 36.4 cm³/mol. The molecule has 0 heterocycles. The minimum Gasteiger partial charge on any atom is -0.464 e. The maximum absolute atomic E-state index is 10.9. The summed E-state index contributed by atoms with van der Waals surface area (Å²) in [5.41, 5.74) is 0. The number of hydrogen-bond acceptors (Lipinski definition) is 2. The Hall–Kier alpha value is -0.610. The molecule has 0 spiro atoms. The zero-order valence-electron chi connectivity index (χ0n) is 6.76. The highest BCUT2D eigenvalue weighted by Crippen LogP contribution is 1.74. The molecule has 0 fully saturated rings. The monoisotopic (exact) mass is 148 g/mol. The van der Waals surface area contributed by atoms with E-state index in [1.54, 1.807) is 0 Å². The van der Waals surface area contributed by atoms with Gasteiger partial charge in [0.25, 0.3) is 0 Å². The van der Waals surface area contributed by atoms with E-state index in [1.165, 1.54) is 7.11 Å². The van der Waals surface area contributed by atoms with E-state index < -0.39 is 0 Å². The molecule has 0 aliphatic heterocycles. The smallest absolute Gasteiger partial charge is 0.370 e. The largest absolute Gasteiger partial charge is 0.464 e. The van der Waals surface area contributed by atoms with Crippen molar-refractivity contribution in [3.05, 3.63) is 0 Å². The zero-order chi connectivity index (χ0) is 7.98. The third-order valence-electron chi connectivity index (χ3n) is 1.40. The summed E-state index contributed by atoms with van der Waals surface area (Å²) in [5.74, 6) is -0.152. The first-order chi connectivity index (χ1) is 4.76. The van der Waals surface area contributed by atoms with Gasteiger partial charge in [0.05, 0.1) is 21.2 Å². The van der Waals surface area contributed by atoms with Crippen LogP contribution in [0.4, 0.5) is 0 Å². The molecule has 4 nitrogen and oxygen atoms in total. The Morgan fingerprint density at radius 1 is 1.60 bits per heavy atom. The van der Waals surface area contributed by atoms with E-state index in [0.717, 1.165) is 6.54 Å². The normalized spacial score (nSPS) is 12.7. The number of nitrogens with two attached hydrogens (primary N) is 2. The minimum atomic E-state index is -0.152. The van der Waals surface area contributed by atoms with E-state index in [1.807, 2.05) is 24.7 Å². The summed E-state index contributed by atoms with van der Waals surface area (Å²) >= 11 is 0. The molecule has 0 aromatic heterocycles. The molecule has 0 aliphatic carbocycles. The Morgan fingerprint density at radius 2 is 2.20 bits per heavy atom. The molecule has 0 bridgehead atoms. The van der Waals surface area contributed by atoms with Gasteiger partial charge in [-0.25, -0.2) is 4.79 Å². The number of ether oxygens (including phenoxy) is 1. The van der Waals surface area contributed by atoms with E-state index >= 15 is 0 Å². The second kappa shape index (κ2) is 5.20. The second-order valence-electron chi connectivity index (χ2n) is 2.11. The number of methoxy groups -OCH3 is 1. The average Bonchev–Trinajstić information content (AvgIpc) is 1.99. The number of carbonyl (C=O) groups excluding carboxylic acids is 1. The summed E-state index contributed by atoms with van der Waals surface area (Å²) in [4.78, 5) is 10.9. The number of rotatable bonds is 4. The first-order valence-corrected chi connectivity index (χ1v) is 3.41. The van der Waals surface area contributed by atoms with Crippen LogP contribution in [0.2, 0.25) is 0 Å². The van der Waals surface area contributed by atoms with Crippen molar-refractivity contribution in [3.63, 3.8) is 0 Å². The number of likely N-dealkylation sites (N-methyl/N-ethyl adjacent to an activating group) is 2. The summed E-state index contributed by atoms with van der Waals surface area (Å²) in [7, 11) is 5.21. The molecule has 10 heavy (non-hydrogen) atoms. The van der Waals surface area contributed by atoms with Crippen LogP contribution in [0.15, 0.2) is 0 Å². The molecule has 4 heteroatoms. The van der Waals surface area contributed by atoms with Crippen LogP contribution >= 0.6 is 0 Å². The Kier molecular flexibility index (Phi) is 4.88. The Balaban J connectivity index is 3.68. The van der Waals surface area contributed by atoms with Gasteiger partial charge in [0.1, 0.15) is 6.54 Å². The fourth-order valence-corrected chi connectivity index (χ4v) is 0.774. The fraction of sp³-hybridized carbons (Fsp3) is 0.833. The van der Waals surface area contributed by atoms with Crippen molar-refractivity contribution in [2.75, 3.05) is 27.7 Å². The van der Waals surface area contributed by atoms with Crippen LogP contribution in [0.25, 0.3) is 0 Å². The second-order valence-corrected chi connectivity index (χ2v) is 2.11. The average molecular weight is 148 g/mol. The van der Waals surface area contributed by atoms with Crippen LogP contribution in [0.3, 0.4) is 0 Å². The number of esters is 1. The van der Waals surface area contributed by atoms with Crippen LogP contribution in [-0.2, 0) is 9.53 Å². The molecule has 60 valence electrons. The van der Waals surface area contributed by atoms with Crippen LogP contribution in [-0.4, -0.2) is 39.8 Å². The molecule has 0 amide bonds. The summed E-state index contributed by atoms with van der Waals surface area (Å²) in [6.07, 6.45) is 0. The zero-order valence-corrected chi connectivity index (χ0v) is 6.76. The third-order valence-corrected chi connectivity index (χ3v) is 1.40. The lowest BCUT2D eigenvalue weighted by molar-refractivity contribution is -0.716. The van der Waals surface area contributed by atoms with Crippen LogP contribution in [0, 0.1) is 0 Å². The Labute approximate surface area is 60.9 Å². The SMILES string of the molecule is C[NH2+]CC([NH2+]C)C(=O)OC. The predicted octanol–water partition coefficient (Wildman–Crippen LogP) is -3.09. The van der Waals surface area contributed by atoms with E-state index in [2.05, 4.69) is 4.74 Å². The first kappa shape index (κ1) is 9.39. The molecule has 0 saturated heterocycles. The van der Waals surface area contributed by atoms with Crippen LogP contribution < -0.4 is 10.6 Å². The van der Waals surface area contributed by atoms with Gasteiger partial charge in [0.2, 0.25) is 6.04 Å². The van der Waals surface area contributed by atoms with Gasteiger partial charge >= 0.3 is 5.97 Å². The molecule has 4 N–H and O–H groups in total. The number of quaternary nitrogens is 2. The molecule has 0 saturated carbocycles. The molecule has 1 atom stereocenters. The van der Waals surface area contributed by atoms with Crippen molar-refractivity contribution in [3.8, 4) is 0 Å². The standard InChI is InChI=1S/C6H14N2O2/c1-7-4-5(8-2)6(9)10-3/h5,7-8H,4H2,1-3H3/p+2. The van der Waals surface area contributed by atoms with Gasteiger partial charge < -0.3 is 15.4 Å². The summed E-state index contributed by atoms with van der Waals surface area (Å²) < 4.78 is 4.57. The maximum atomic E-state index is 10.9. The summed E-state index contributed by atoms with van der Waals surface area (Å²) in [6.45, 7) is 0.767. The van der Waals surface area contributed by atoms with Gasteiger partial charge in [-0.15, -0.1) is 0 Å². The highest BCUT2D eigenvalue weighted by molar-refractivity contribution is 5.73. The lowest BCUT2D eigenvalue weighted by Crippen LogP contribution is -2.97. The number of hydrogen-bond donors (Lipinski definition) is 2. The van der Waals surface area contributed by atoms with Gasteiger partial charge in [-0.3, -0.25) is 0 Å². The van der Waals surface area contributed by atoms with Crippen molar-refractivity contribution in [2.45, 2.75) is 6.04 Å². The fourth-order valence-electron chi connectivity index (χ4n) is 0.774. The number of carbonyl (C=O) groups is 1. The van der Waals surface area contributed by atoms with Crippen molar-refractivity contribution < 1.29 is 20.2 Å². The molecular formula is C6H16N2O2+2. The van der Waals surface area contributed by atoms with Gasteiger partial charge in [-0.2, -0.15) is 0 Å². The summed E-state index contributed by atoms with van der Waals surface area (Å²) in [5, 5.41) is 3.81. The molecule has 0 aliphatic rings. The quantitative estimate of drug-likeness (QED) is 0.415. The molecule has 0 rings (SSSR count). The molecular weight excluding hydrogens is 132 g/mol. The lowest BCUT2D eigenvalue weighted by Gasteiger charge is -2.06. The van der Waals surface area contributed by atoms with Crippen molar-refractivity contribution >= 4 is 5.97 Å². The van der Waals surface area contributed by atoms with E-state index in [4.69, 9.17) is 0 Å². The third kappa shape index (κ3) is 2.80. The highest BCUT2D eigenvalue weighted by Gasteiger charge is 2.21. The van der Waals surface area contributed by atoms with Gasteiger partial charge in [0.15, 0.2) is 0 Å². The van der Waals surface area contributed by atoms with Gasteiger partial charge in [-0.1, -0.05) is 0 Å². The minimum absolute atomic E-state index is 0.0602. The molecule has 1 unspecified atom stereocenters. The van der Waals surface area contributed by atoms with Crippen LogP contribution in [0.1, 0.15) is 0 Å². The summed E-state index contributed by atoms with van der Waals surface area (Å²) in [6, 6.07) is -0.0602. The van der Waals surface area contributed by atoms with E-state index in [0.29, 0.717) is 0 Å². The van der Waals surface area contributed by atoms with E-state index in [-0.39, 0.29) is 12.0 Å². The van der Waals surface area contributed by atoms with Gasteiger partial charge in [0, 0.05) is 0 Å². The van der Waals surface area contributed by atoms with Gasteiger partial charge in [-0.05, 0) is 0 Å². The van der Waals surface area contributed by atoms with Crippen LogP contribution in [0.5, 0.6) is 0 Å². The molecule has 0 aromatic carbocycles. The molecule has 0 radical (unpaired) electrons. The van der Waals surface area contributed by atoms with Crippen molar-refractivity contribution in [2.24, 2.45) is 0 Å². The Morgan fingerprint density at radius 3 is 2.50 bits per heavy atom. The van der Waals surface area contributed by atoms with E-state index in [9.17, 15) is 4.79 Å². The maximum Gasteiger partial charge on any atom is 0.370 e. The first-order valence-electron chi connectivity index (χ1n) is 3.41. The molecule has 0 aromatic rings. The van der Waals surface area contributed by atoms with Crippen molar-refractivity contribution in [1.29, 1.82) is 0 Å². The lowest BCUT2D eigenvalue weighted by atomic mass is 10.3. The Bertz CT molecular complexity index is 106. The topological polar surface area (TPSA) is 59.5 Å².